The van der Waals surface area contributed by atoms with E-state index in [9.17, 15) is 19.2 Å². The number of carbonyl (C=O) groups is 2. The Morgan fingerprint density at radius 1 is 0.625 bits per heavy atom. The van der Waals surface area contributed by atoms with Crippen molar-refractivity contribution in [1.29, 1.82) is 0 Å². The Bertz CT molecular complexity index is 2350. The zero-order chi connectivity index (χ0) is 46.1. The van der Waals surface area contributed by atoms with Gasteiger partial charge in [0.25, 0.3) is 0 Å². The summed E-state index contributed by atoms with van der Waals surface area (Å²) in [6.07, 6.45) is 9.02. The molecule has 8 rings (SSSR count). The summed E-state index contributed by atoms with van der Waals surface area (Å²) in [4.78, 5) is 50.5. The topological polar surface area (TPSA) is 134 Å². The summed E-state index contributed by atoms with van der Waals surface area (Å²) in [6.45, 7) is 15.2. The summed E-state index contributed by atoms with van der Waals surface area (Å²) in [6, 6.07) is 11.2. The molecule has 4 aliphatic rings. The van der Waals surface area contributed by atoms with Crippen LogP contribution in [0, 0.1) is 10.8 Å². The van der Waals surface area contributed by atoms with Crippen LogP contribution < -0.4 is 20.3 Å². The van der Waals surface area contributed by atoms with Gasteiger partial charge in [0.15, 0.2) is 10.9 Å². The van der Waals surface area contributed by atoms with E-state index in [1.165, 1.54) is 0 Å². The molecule has 2 aromatic heterocycles. The number of esters is 2. The fourth-order valence-corrected chi connectivity index (χ4v) is 10.9. The van der Waals surface area contributed by atoms with Crippen LogP contribution in [0.4, 0.5) is 0 Å². The second-order valence-corrected chi connectivity index (χ2v) is 19.2. The Morgan fingerprint density at radius 2 is 1.02 bits per heavy atom. The number of halogens is 2. The minimum Gasteiger partial charge on any atom is -0.492 e. The molecular weight excluding hydrogens is 859 g/mol. The van der Waals surface area contributed by atoms with E-state index in [2.05, 4.69) is 36.8 Å². The van der Waals surface area contributed by atoms with Crippen molar-refractivity contribution in [1.82, 2.24) is 9.13 Å². The van der Waals surface area contributed by atoms with Gasteiger partial charge in [-0.3, -0.25) is 9.59 Å². The largest absolute Gasteiger partial charge is 0.492 e. The smallest absolute Gasteiger partial charge is 0.343 e. The van der Waals surface area contributed by atoms with Crippen LogP contribution in [0.2, 0.25) is 10.0 Å². The van der Waals surface area contributed by atoms with Gasteiger partial charge >= 0.3 is 11.9 Å². The van der Waals surface area contributed by atoms with Crippen LogP contribution in [0.3, 0.4) is 0 Å². The minimum atomic E-state index is -0.580. The maximum absolute atomic E-state index is 12.8. The summed E-state index contributed by atoms with van der Waals surface area (Å²) in [5.41, 5.74) is 5.16. The van der Waals surface area contributed by atoms with Gasteiger partial charge in [0, 0.05) is 99.8 Å². The zero-order valence-electron chi connectivity index (χ0n) is 38.1. The molecule has 0 saturated heterocycles. The number of rotatable bonds is 14. The molecular formula is C50H60Cl2N2O10. The molecule has 4 aromatic rings. The van der Waals surface area contributed by atoms with Crippen molar-refractivity contribution in [3.8, 4) is 34.0 Å². The van der Waals surface area contributed by atoms with Crippen molar-refractivity contribution in [2.24, 2.45) is 10.8 Å². The van der Waals surface area contributed by atoms with Gasteiger partial charge in [-0.1, -0.05) is 50.9 Å². The molecule has 64 heavy (non-hydrogen) atoms. The number of hydrogen-bond donors (Lipinski definition) is 0. The van der Waals surface area contributed by atoms with Crippen LogP contribution in [0.25, 0.3) is 22.5 Å². The average Bonchev–Trinajstić information content (AvgIpc) is 3.76. The van der Waals surface area contributed by atoms with Gasteiger partial charge in [-0.25, -0.2) is 9.59 Å². The van der Waals surface area contributed by atoms with Gasteiger partial charge in [-0.2, -0.15) is 0 Å². The first-order chi connectivity index (χ1) is 30.6. The maximum Gasteiger partial charge on any atom is 0.343 e. The minimum absolute atomic E-state index is 0.00275. The van der Waals surface area contributed by atoms with Crippen molar-refractivity contribution >= 4 is 35.1 Å². The predicted octanol–water partition coefficient (Wildman–Crippen LogP) is 10.4. The Morgan fingerprint density at radius 3 is 1.38 bits per heavy atom. The van der Waals surface area contributed by atoms with Gasteiger partial charge in [0.1, 0.15) is 22.6 Å². The average molecular weight is 920 g/mol. The molecule has 2 aromatic carbocycles. The Labute approximate surface area is 385 Å². The molecule has 0 amide bonds. The molecule has 344 valence electrons. The Hall–Kier alpha value is -4.62. The molecule has 0 spiro atoms. The Balaban J connectivity index is 0.000000191. The molecule has 4 atom stereocenters. The van der Waals surface area contributed by atoms with Crippen LogP contribution in [-0.2, 0) is 18.9 Å². The van der Waals surface area contributed by atoms with E-state index in [0.717, 1.165) is 72.2 Å². The highest BCUT2D eigenvalue weighted by Gasteiger charge is 2.49. The number of benzene rings is 2. The van der Waals surface area contributed by atoms with Crippen LogP contribution in [0.1, 0.15) is 136 Å². The third kappa shape index (κ3) is 9.13. The molecule has 2 fully saturated rings. The lowest BCUT2D eigenvalue weighted by Gasteiger charge is -2.40. The number of pyridine rings is 2. The predicted molar refractivity (Wildman–Crippen MR) is 248 cm³/mol. The summed E-state index contributed by atoms with van der Waals surface area (Å²) in [7, 11) is 3.33. The van der Waals surface area contributed by atoms with Crippen molar-refractivity contribution in [3.05, 3.63) is 102 Å². The number of methoxy groups -OCH3 is 2. The lowest BCUT2D eigenvalue weighted by atomic mass is 9.77. The van der Waals surface area contributed by atoms with Gasteiger partial charge in [0.05, 0.1) is 47.9 Å². The molecule has 0 radical (unpaired) electrons. The van der Waals surface area contributed by atoms with Crippen LogP contribution in [0.15, 0.2) is 58.4 Å². The highest BCUT2D eigenvalue weighted by Crippen LogP contribution is 2.61. The number of fused-ring (bicyclic) bond motifs is 12. The number of hydrogen-bond acceptors (Lipinski definition) is 10. The van der Waals surface area contributed by atoms with E-state index in [-0.39, 0.29) is 69.9 Å². The van der Waals surface area contributed by atoms with E-state index in [0.29, 0.717) is 48.0 Å². The zero-order valence-corrected chi connectivity index (χ0v) is 39.7. The van der Waals surface area contributed by atoms with E-state index >= 15 is 0 Å². The third-order valence-electron chi connectivity index (χ3n) is 13.4. The van der Waals surface area contributed by atoms with E-state index in [4.69, 9.17) is 51.6 Å². The molecule has 4 heterocycles. The quantitative estimate of drug-likeness (QED) is 0.0889. The molecule has 0 bridgehead atoms. The Kier molecular flexibility index (Phi) is 14.4. The van der Waals surface area contributed by atoms with Crippen LogP contribution >= 0.6 is 23.2 Å². The second kappa shape index (κ2) is 19.5. The van der Waals surface area contributed by atoms with Crippen molar-refractivity contribution in [3.63, 3.8) is 0 Å². The van der Waals surface area contributed by atoms with E-state index in [1.807, 2.05) is 24.3 Å². The molecule has 14 heteroatoms. The van der Waals surface area contributed by atoms with Gasteiger partial charge in [0.2, 0.25) is 0 Å². The summed E-state index contributed by atoms with van der Waals surface area (Å²) in [5.74, 6) is 0.632. The molecule has 2 aliphatic heterocycles. The maximum atomic E-state index is 12.8. The standard InChI is InChI=1S/2C25H30ClNO5/c2*1-5-31-24(29)18-14-27-20(13-21(18)28)17-11-19(26)22(32-10-6-9-30-4)12-16(17)15-7-8-25(2,3)23(15)27/h2*11-15,23H,5-10H2,1-4H3/t15-,23?;15-,23+/m10/s1. The number of carbonyl (C=O) groups excluding carboxylic acids is 2. The normalized spacial score (nSPS) is 20.3. The van der Waals surface area contributed by atoms with E-state index < -0.39 is 11.9 Å². The highest BCUT2D eigenvalue weighted by molar-refractivity contribution is 6.32. The van der Waals surface area contributed by atoms with Crippen LogP contribution in [0.5, 0.6) is 11.5 Å². The van der Waals surface area contributed by atoms with Gasteiger partial charge in [-0.15, -0.1) is 0 Å². The SMILES string of the molecule is CCOC(=O)c1cn2c(cc1=O)-c1cc(Cl)c(OCCCOC)cc1[C@@H]1CCC(C)(C)[C@@H]12.CCOC(=O)c1cn2c(cc1=O)-c1cc(Cl)c(OCCCOC)cc1[C@H]1CCC(C)(C)C12. The summed E-state index contributed by atoms with van der Waals surface area (Å²) < 4.78 is 36.5. The van der Waals surface area contributed by atoms with Gasteiger partial charge in [-0.05, 0) is 85.8 Å². The first-order valence-corrected chi connectivity index (χ1v) is 23.1. The third-order valence-corrected chi connectivity index (χ3v) is 14.0. The number of nitrogens with zero attached hydrogens (tertiary/aromatic N) is 2. The summed E-state index contributed by atoms with van der Waals surface area (Å²) >= 11 is 13.2. The van der Waals surface area contributed by atoms with E-state index in [1.54, 1.807) is 52.6 Å². The number of aromatic nitrogens is 2. The highest BCUT2D eigenvalue weighted by atomic mass is 35.5. The van der Waals surface area contributed by atoms with Gasteiger partial charge < -0.3 is 37.6 Å². The number of ether oxygens (including phenoxy) is 6. The fraction of sp³-hybridized carbons (Fsp3) is 0.520. The molecule has 1 unspecified atom stereocenters. The van der Waals surface area contributed by atoms with Crippen molar-refractivity contribution in [2.45, 2.75) is 104 Å². The first kappa shape index (κ1) is 47.3. The molecule has 2 saturated carbocycles. The monoisotopic (exact) mass is 918 g/mol. The molecule has 0 N–H and O–H groups in total. The fourth-order valence-electron chi connectivity index (χ4n) is 10.5. The molecule has 2 aliphatic carbocycles. The van der Waals surface area contributed by atoms with Crippen molar-refractivity contribution in [2.75, 3.05) is 53.9 Å². The second-order valence-electron chi connectivity index (χ2n) is 18.4. The van der Waals surface area contributed by atoms with Crippen molar-refractivity contribution < 1.29 is 38.0 Å². The lowest BCUT2D eigenvalue weighted by molar-refractivity contribution is 0.0513. The van der Waals surface area contributed by atoms with Crippen LogP contribution in [-0.4, -0.2) is 74.9 Å². The summed E-state index contributed by atoms with van der Waals surface area (Å²) in [5, 5.41) is 1.01. The first-order valence-electron chi connectivity index (χ1n) is 22.3. The lowest BCUT2D eigenvalue weighted by Crippen LogP contribution is -2.32. The molecule has 12 nitrogen and oxygen atoms in total.